The first kappa shape index (κ1) is 12.4. The van der Waals surface area contributed by atoms with Crippen molar-refractivity contribution in [2.24, 2.45) is 0 Å². The quantitative estimate of drug-likeness (QED) is 0.520. The van der Waals surface area contributed by atoms with Crippen molar-refractivity contribution < 1.29 is 14.4 Å². The van der Waals surface area contributed by atoms with Crippen LogP contribution in [-0.4, -0.2) is 33.0 Å². The summed E-state index contributed by atoms with van der Waals surface area (Å²) in [4.78, 5) is 16.5. The standard InChI is InChI=1S/C4H11O3P.H2Se/c1-2-3-4-8(5,6)7;/h2-4H2,1H3,(H2,5,6,7);1H2. The summed E-state index contributed by atoms with van der Waals surface area (Å²) in [5, 5.41) is 0. The molecule has 0 amide bonds. The Labute approximate surface area is 65.5 Å². The van der Waals surface area contributed by atoms with Gasteiger partial charge in [0.05, 0.1) is 0 Å². The van der Waals surface area contributed by atoms with Crippen LogP contribution in [0.5, 0.6) is 0 Å². The molecule has 0 fully saturated rings. The molecule has 0 bridgehead atoms. The summed E-state index contributed by atoms with van der Waals surface area (Å²) in [7, 11) is -3.68. The van der Waals surface area contributed by atoms with Gasteiger partial charge in [-0.05, 0) is 6.42 Å². The van der Waals surface area contributed by atoms with Crippen LogP contribution in [0.2, 0.25) is 0 Å². The molecule has 3 nitrogen and oxygen atoms in total. The van der Waals surface area contributed by atoms with Crippen LogP contribution < -0.4 is 0 Å². The fourth-order valence-electron chi connectivity index (χ4n) is 0.364. The average molecular weight is 219 g/mol. The number of rotatable bonds is 3. The molecule has 0 aliphatic rings. The molecule has 58 valence electrons. The van der Waals surface area contributed by atoms with E-state index in [4.69, 9.17) is 9.79 Å². The van der Waals surface area contributed by atoms with Gasteiger partial charge in [-0.1, -0.05) is 13.3 Å². The van der Waals surface area contributed by atoms with Crippen molar-refractivity contribution in [3.8, 4) is 0 Å². The van der Waals surface area contributed by atoms with E-state index in [1.165, 1.54) is 0 Å². The topological polar surface area (TPSA) is 57.5 Å². The summed E-state index contributed by atoms with van der Waals surface area (Å²) in [6.07, 6.45) is 1.49. The second-order valence-electron chi connectivity index (χ2n) is 1.74. The van der Waals surface area contributed by atoms with Crippen molar-refractivity contribution in [2.45, 2.75) is 19.8 Å². The first-order valence-corrected chi connectivity index (χ1v) is 4.40. The van der Waals surface area contributed by atoms with E-state index in [0.29, 0.717) is 6.42 Å². The fourth-order valence-corrected chi connectivity index (χ4v) is 1.09. The summed E-state index contributed by atoms with van der Waals surface area (Å²) in [6.45, 7) is 1.90. The van der Waals surface area contributed by atoms with Crippen LogP contribution in [0.3, 0.4) is 0 Å². The molecule has 0 aromatic rings. The number of unbranched alkanes of at least 4 members (excludes halogenated alkanes) is 1. The van der Waals surface area contributed by atoms with Crippen LogP contribution in [0.4, 0.5) is 0 Å². The number of hydrogen-bond donors (Lipinski definition) is 2. The van der Waals surface area contributed by atoms with E-state index in [9.17, 15) is 4.57 Å². The van der Waals surface area contributed by atoms with Crippen LogP contribution in [-0.2, 0) is 4.57 Å². The van der Waals surface area contributed by atoms with Crippen LogP contribution in [0.15, 0.2) is 0 Å². The van der Waals surface area contributed by atoms with Crippen molar-refractivity contribution in [2.75, 3.05) is 6.16 Å². The fraction of sp³-hybridized carbons (Fsp3) is 1.00. The molecule has 0 heterocycles. The summed E-state index contributed by atoms with van der Waals surface area (Å²) >= 11 is 0. The zero-order chi connectivity index (χ0) is 6.62. The number of hydrogen-bond acceptors (Lipinski definition) is 1. The third-order valence-electron chi connectivity index (χ3n) is 0.803. The Morgan fingerprint density at radius 3 is 2.00 bits per heavy atom. The van der Waals surface area contributed by atoms with Gasteiger partial charge in [-0.25, -0.2) is 0 Å². The van der Waals surface area contributed by atoms with E-state index in [1.807, 2.05) is 6.92 Å². The molecule has 2 N–H and O–H groups in total. The minimum absolute atomic E-state index is 0. The Hall–Kier alpha value is 0.669. The predicted octanol–water partition coefficient (Wildman–Crippen LogP) is 0.0480. The molecule has 0 aliphatic carbocycles. The molecule has 0 aromatic heterocycles. The third kappa shape index (κ3) is 12.0. The van der Waals surface area contributed by atoms with Gasteiger partial charge in [-0.2, -0.15) is 0 Å². The monoisotopic (exact) mass is 220 g/mol. The van der Waals surface area contributed by atoms with Gasteiger partial charge in [0.1, 0.15) is 0 Å². The van der Waals surface area contributed by atoms with Crippen molar-refractivity contribution >= 4 is 24.7 Å². The molecule has 5 heteroatoms. The van der Waals surface area contributed by atoms with Gasteiger partial charge in [-0.15, -0.1) is 0 Å². The maximum atomic E-state index is 10.1. The Kier molecular flexibility index (Phi) is 7.49. The van der Waals surface area contributed by atoms with Gasteiger partial charge in [0.25, 0.3) is 0 Å². The minimum atomic E-state index is -3.68. The molecule has 0 aliphatic heterocycles. The van der Waals surface area contributed by atoms with Crippen molar-refractivity contribution in [3.63, 3.8) is 0 Å². The van der Waals surface area contributed by atoms with E-state index in [0.717, 1.165) is 6.42 Å². The Morgan fingerprint density at radius 1 is 1.44 bits per heavy atom. The zero-order valence-electron chi connectivity index (χ0n) is 5.37. The SMILES string of the molecule is CCCCP(=O)(O)O.[SeH2]. The van der Waals surface area contributed by atoms with Crippen LogP contribution in [0.25, 0.3) is 0 Å². The molecule has 9 heavy (non-hydrogen) atoms. The molecule has 0 unspecified atom stereocenters. The summed E-state index contributed by atoms with van der Waals surface area (Å²) in [5.41, 5.74) is 0. The Balaban J connectivity index is 0. The molecular weight excluding hydrogens is 206 g/mol. The van der Waals surface area contributed by atoms with Gasteiger partial charge in [0, 0.05) is 6.16 Å². The zero-order valence-corrected chi connectivity index (χ0v) is 8.36. The van der Waals surface area contributed by atoms with Crippen LogP contribution in [0, 0.1) is 0 Å². The summed E-state index contributed by atoms with van der Waals surface area (Å²) in [6, 6.07) is 0. The second-order valence-corrected chi connectivity index (χ2v) is 3.52. The molecule has 0 radical (unpaired) electrons. The van der Waals surface area contributed by atoms with Crippen LogP contribution in [0.1, 0.15) is 19.8 Å². The van der Waals surface area contributed by atoms with E-state index < -0.39 is 7.60 Å². The molecule has 0 atom stereocenters. The van der Waals surface area contributed by atoms with E-state index in [2.05, 4.69) is 0 Å². The van der Waals surface area contributed by atoms with Gasteiger partial charge in [0.2, 0.25) is 0 Å². The third-order valence-corrected chi connectivity index (χ3v) is 1.70. The van der Waals surface area contributed by atoms with Gasteiger partial charge >= 0.3 is 24.7 Å². The summed E-state index contributed by atoms with van der Waals surface area (Å²) < 4.78 is 10.1. The van der Waals surface area contributed by atoms with Crippen molar-refractivity contribution in [1.29, 1.82) is 0 Å². The molecule has 0 saturated carbocycles. The second kappa shape index (κ2) is 5.45. The molecule has 0 spiro atoms. The van der Waals surface area contributed by atoms with E-state index >= 15 is 0 Å². The Bertz CT molecular complexity index is 100.0. The van der Waals surface area contributed by atoms with E-state index in [-0.39, 0.29) is 23.2 Å². The first-order valence-electron chi connectivity index (χ1n) is 2.61. The normalized spacial score (nSPS) is 10.6. The van der Waals surface area contributed by atoms with E-state index in [1.54, 1.807) is 0 Å². The molecule has 0 aromatic carbocycles. The van der Waals surface area contributed by atoms with Crippen molar-refractivity contribution in [1.82, 2.24) is 0 Å². The van der Waals surface area contributed by atoms with Gasteiger partial charge in [0.15, 0.2) is 0 Å². The van der Waals surface area contributed by atoms with Gasteiger partial charge < -0.3 is 9.79 Å². The molecule has 0 saturated heterocycles. The van der Waals surface area contributed by atoms with Crippen LogP contribution >= 0.6 is 7.60 Å². The van der Waals surface area contributed by atoms with Gasteiger partial charge in [-0.3, -0.25) is 4.57 Å². The summed E-state index contributed by atoms with van der Waals surface area (Å²) in [5.74, 6) is 0. The first-order chi connectivity index (χ1) is 3.56. The molecular formula is C4H13O3PSe. The Morgan fingerprint density at radius 2 is 1.89 bits per heavy atom. The maximum absolute atomic E-state index is 10.1. The molecule has 0 rings (SSSR count). The predicted molar refractivity (Wildman–Crippen MR) is 40.4 cm³/mol. The average Bonchev–Trinajstić information content (AvgIpc) is 1.59. The van der Waals surface area contributed by atoms with Crippen molar-refractivity contribution in [3.05, 3.63) is 0 Å².